The van der Waals surface area contributed by atoms with Gasteiger partial charge in [-0.15, -0.1) is 11.3 Å². The number of sulfone groups is 2. The standard InChI is InChI=1S/C14H17NO5S3/c1-9(2)20-10-6-11(22(3,16)17)8-12(7-10)23(18,19)14-5-4-13(15)21-14/h4-9H,15H2,1-3H3. The van der Waals surface area contributed by atoms with Gasteiger partial charge < -0.3 is 10.5 Å². The smallest absolute Gasteiger partial charge is 0.216 e. The van der Waals surface area contributed by atoms with Gasteiger partial charge in [-0.1, -0.05) is 0 Å². The molecular formula is C14H17NO5S3. The summed E-state index contributed by atoms with van der Waals surface area (Å²) in [6.07, 6.45) is 0.791. The highest BCUT2D eigenvalue weighted by molar-refractivity contribution is 7.93. The van der Waals surface area contributed by atoms with Crippen LogP contribution in [0.25, 0.3) is 0 Å². The number of rotatable bonds is 5. The third-order valence-corrected chi connectivity index (χ3v) is 7.06. The third kappa shape index (κ3) is 4.04. The molecule has 0 amide bonds. The summed E-state index contributed by atoms with van der Waals surface area (Å²) in [4.78, 5) is -0.253. The second kappa shape index (κ2) is 6.14. The van der Waals surface area contributed by atoms with E-state index < -0.39 is 19.7 Å². The number of anilines is 1. The first-order chi connectivity index (χ1) is 10.5. The first kappa shape index (κ1) is 17.8. The van der Waals surface area contributed by atoms with Crippen molar-refractivity contribution in [2.24, 2.45) is 0 Å². The molecule has 0 radical (unpaired) electrons. The molecule has 2 rings (SSSR count). The molecule has 9 heteroatoms. The Morgan fingerprint density at radius 2 is 1.65 bits per heavy atom. The molecule has 23 heavy (non-hydrogen) atoms. The van der Waals surface area contributed by atoms with E-state index in [1.54, 1.807) is 13.8 Å². The average molecular weight is 375 g/mol. The molecule has 0 aliphatic heterocycles. The van der Waals surface area contributed by atoms with Crippen LogP contribution in [0.15, 0.2) is 44.3 Å². The van der Waals surface area contributed by atoms with Gasteiger partial charge in [-0.2, -0.15) is 0 Å². The van der Waals surface area contributed by atoms with Gasteiger partial charge in [0, 0.05) is 6.26 Å². The number of nitrogens with two attached hydrogens (primary N) is 1. The number of ether oxygens (including phenoxy) is 1. The van der Waals surface area contributed by atoms with Crippen LogP contribution in [0, 0.1) is 0 Å². The van der Waals surface area contributed by atoms with Gasteiger partial charge in [0.2, 0.25) is 9.84 Å². The van der Waals surface area contributed by atoms with Crippen LogP contribution >= 0.6 is 11.3 Å². The summed E-state index contributed by atoms with van der Waals surface area (Å²) in [5.41, 5.74) is 5.58. The lowest BCUT2D eigenvalue weighted by molar-refractivity contribution is 0.241. The van der Waals surface area contributed by atoms with Gasteiger partial charge in [0.1, 0.15) is 9.96 Å². The maximum atomic E-state index is 12.7. The van der Waals surface area contributed by atoms with E-state index in [-0.39, 0.29) is 25.9 Å². The molecule has 0 saturated heterocycles. The van der Waals surface area contributed by atoms with Gasteiger partial charge in [-0.25, -0.2) is 16.8 Å². The van der Waals surface area contributed by atoms with Gasteiger partial charge in [0.05, 0.1) is 20.9 Å². The SMILES string of the molecule is CC(C)Oc1cc(S(C)(=O)=O)cc(S(=O)(=O)c2ccc(N)s2)c1. The van der Waals surface area contributed by atoms with E-state index in [4.69, 9.17) is 10.5 Å². The molecule has 0 saturated carbocycles. The summed E-state index contributed by atoms with van der Waals surface area (Å²) >= 11 is 0.922. The van der Waals surface area contributed by atoms with Crippen molar-refractivity contribution < 1.29 is 21.6 Å². The third-order valence-electron chi connectivity index (χ3n) is 2.83. The number of nitrogen functional groups attached to an aromatic ring is 1. The molecule has 0 spiro atoms. The summed E-state index contributed by atoms with van der Waals surface area (Å²) in [5.74, 6) is 0.186. The Balaban J connectivity index is 2.66. The van der Waals surface area contributed by atoms with Gasteiger partial charge >= 0.3 is 0 Å². The number of thiophene rings is 1. The van der Waals surface area contributed by atoms with E-state index in [1.165, 1.54) is 24.3 Å². The molecule has 6 nitrogen and oxygen atoms in total. The minimum absolute atomic E-state index is 0.0520. The van der Waals surface area contributed by atoms with E-state index in [9.17, 15) is 16.8 Å². The molecule has 0 bridgehead atoms. The molecule has 1 aromatic heterocycles. The molecule has 1 heterocycles. The van der Waals surface area contributed by atoms with Crippen molar-refractivity contribution in [1.82, 2.24) is 0 Å². The van der Waals surface area contributed by atoms with Crippen LogP contribution < -0.4 is 10.5 Å². The molecule has 126 valence electrons. The maximum Gasteiger partial charge on any atom is 0.216 e. The monoisotopic (exact) mass is 375 g/mol. The van der Waals surface area contributed by atoms with E-state index >= 15 is 0 Å². The predicted molar refractivity (Wildman–Crippen MR) is 89.5 cm³/mol. The van der Waals surface area contributed by atoms with E-state index in [1.807, 2.05) is 0 Å². The lowest BCUT2D eigenvalue weighted by Gasteiger charge is -2.13. The lowest BCUT2D eigenvalue weighted by atomic mass is 10.3. The number of benzene rings is 1. The highest BCUT2D eigenvalue weighted by Crippen LogP contribution is 2.32. The van der Waals surface area contributed by atoms with Crippen LogP contribution in [0.4, 0.5) is 5.00 Å². The molecule has 0 atom stereocenters. The fourth-order valence-electron chi connectivity index (χ4n) is 1.85. The van der Waals surface area contributed by atoms with Crippen molar-refractivity contribution in [3.63, 3.8) is 0 Å². The minimum atomic E-state index is -3.87. The molecule has 1 aromatic carbocycles. The zero-order valence-electron chi connectivity index (χ0n) is 12.8. The Morgan fingerprint density at radius 1 is 1.04 bits per heavy atom. The highest BCUT2D eigenvalue weighted by Gasteiger charge is 2.23. The fourth-order valence-corrected chi connectivity index (χ4v) is 5.15. The van der Waals surface area contributed by atoms with Crippen LogP contribution in [-0.4, -0.2) is 29.2 Å². The summed E-state index contributed by atoms with van der Waals surface area (Å²) in [6.45, 7) is 3.53. The zero-order chi connectivity index (χ0) is 17.4. The first-order valence-corrected chi connectivity index (χ1v) is 10.8. The van der Waals surface area contributed by atoms with Crippen molar-refractivity contribution in [3.05, 3.63) is 30.3 Å². The predicted octanol–water partition coefficient (Wildman–Crippen LogP) is 2.35. The first-order valence-electron chi connectivity index (χ1n) is 6.62. The summed E-state index contributed by atoms with van der Waals surface area (Å²) in [7, 11) is -7.45. The molecule has 0 aliphatic carbocycles. The topological polar surface area (TPSA) is 104 Å². The fraction of sp³-hybridized carbons (Fsp3) is 0.286. The molecule has 0 fully saturated rings. The van der Waals surface area contributed by atoms with Gasteiger partial charge in [-0.3, -0.25) is 0 Å². The van der Waals surface area contributed by atoms with Crippen molar-refractivity contribution in [2.75, 3.05) is 12.0 Å². The second-order valence-corrected chi connectivity index (χ2v) is 10.5. The number of hydrogen-bond donors (Lipinski definition) is 1. The highest BCUT2D eigenvalue weighted by atomic mass is 32.2. The minimum Gasteiger partial charge on any atom is -0.491 e. The Morgan fingerprint density at radius 3 is 2.13 bits per heavy atom. The Labute approximate surface area is 139 Å². The van der Waals surface area contributed by atoms with Crippen molar-refractivity contribution in [2.45, 2.75) is 34.0 Å². The maximum absolute atomic E-state index is 12.7. The van der Waals surface area contributed by atoms with Crippen LogP contribution in [0.1, 0.15) is 13.8 Å². The van der Waals surface area contributed by atoms with E-state index in [0.29, 0.717) is 5.00 Å². The Kier molecular flexibility index (Phi) is 4.74. The molecule has 0 unspecified atom stereocenters. The molecule has 2 aromatic rings. The van der Waals surface area contributed by atoms with Crippen LogP contribution in [0.5, 0.6) is 5.75 Å². The molecular weight excluding hydrogens is 358 g/mol. The zero-order valence-corrected chi connectivity index (χ0v) is 15.3. The van der Waals surface area contributed by atoms with Gasteiger partial charge in [-0.05, 0) is 44.2 Å². The van der Waals surface area contributed by atoms with Crippen molar-refractivity contribution in [3.8, 4) is 5.75 Å². The second-order valence-electron chi connectivity index (χ2n) is 5.24. The molecule has 2 N–H and O–H groups in total. The summed E-state index contributed by atoms with van der Waals surface area (Å²) < 4.78 is 54.5. The van der Waals surface area contributed by atoms with E-state index in [2.05, 4.69) is 0 Å². The van der Waals surface area contributed by atoms with Gasteiger partial charge in [0.15, 0.2) is 9.84 Å². The quantitative estimate of drug-likeness (QED) is 0.860. The normalized spacial score (nSPS) is 12.5. The van der Waals surface area contributed by atoms with Crippen LogP contribution in [0.2, 0.25) is 0 Å². The van der Waals surface area contributed by atoms with Gasteiger partial charge in [0.25, 0.3) is 0 Å². The van der Waals surface area contributed by atoms with Crippen LogP contribution in [0.3, 0.4) is 0 Å². The number of hydrogen-bond acceptors (Lipinski definition) is 7. The van der Waals surface area contributed by atoms with Crippen molar-refractivity contribution >= 4 is 36.0 Å². The molecule has 0 aliphatic rings. The van der Waals surface area contributed by atoms with E-state index in [0.717, 1.165) is 23.7 Å². The van der Waals surface area contributed by atoms with Crippen LogP contribution in [-0.2, 0) is 19.7 Å². The Hall–Kier alpha value is -1.58. The average Bonchev–Trinajstić information content (AvgIpc) is 2.84. The van der Waals surface area contributed by atoms with Crippen molar-refractivity contribution in [1.29, 1.82) is 0 Å². The Bertz CT molecular complexity index is 927. The summed E-state index contributed by atoms with van der Waals surface area (Å²) in [6, 6.07) is 6.65. The largest absolute Gasteiger partial charge is 0.491 e. The lowest BCUT2D eigenvalue weighted by Crippen LogP contribution is -2.09. The summed E-state index contributed by atoms with van der Waals surface area (Å²) in [5, 5.41) is 0.362.